The minimum absolute atomic E-state index is 0.0470. The summed E-state index contributed by atoms with van der Waals surface area (Å²) in [5, 5.41) is 2.67. The molecule has 0 aliphatic carbocycles. The molecule has 2 unspecified atom stereocenters. The second-order valence-electron chi connectivity index (χ2n) is 3.38. The van der Waals surface area contributed by atoms with E-state index < -0.39 is 0 Å². The van der Waals surface area contributed by atoms with Crippen molar-refractivity contribution in [1.82, 2.24) is 10.2 Å². The van der Waals surface area contributed by atoms with Crippen LogP contribution in [0.15, 0.2) is 0 Å². The van der Waals surface area contributed by atoms with Crippen LogP contribution in [-0.2, 0) is 4.74 Å². The fourth-order valence-electron chi connectivity index (χ4n) is 2.09. The molecule has 4 heteroatoms. The lowest BCUT2D eigenvalue weighted by Gasteiger charge is -2.34. The van der Waals surface area contributed by atoms with Gasteiger partial charge in [-0.15, -0.1) is 0 Å². The number of ether oxygens (including phenoxy) is 1. The van der Waals surface area contributed by atoms with Crippen LogP contribution in [0.4, 0.5) is 4.79 Å². The number of urea groups is 1. The van der Waals surface area contributed by atoms with Gasteiger partial charge in [0, 0.05) is 7.05 Å². The molecule has 0 radical (unpaired) electrons. The van der Waals surface area contributed by atoms with Crippen molar-refractivity contribution in [1.29, 1.82) is 0 Å². The maximum Gasteiger partial charge on any atom is 0.317 e. The van der Waals surface area contributed by atoms with Crippen molar-refractivity contribution in [3.8, 4) is 0 Å². The van der Waals surface area contributed by atoms with Crippen LogP contribution >= 0.6 is 0 Å². The zero-order valence-electron chi connectivity index (χ0n) is 7.25. The topological polar surface area (TPSA) is 41.6 Å². The molecule has 0 aromatic rings. The number of morpholine rings is 1. The molecule has 0 spiro atoms. The van der Waals surface area contributed by atoms with Gasteiger partial charge >= 0.3 is 6.03 Å². The second kappa shape index (κ2) is 2.94. The van der Waals surface area contributed by atoms with Gasteiger partial charge in [-0.1, -0.05) is 0 Å². The highest BCUT2D eigenvalue weighted by Gasteiger charge is 2.39. The number of nitrogens with zero attached hydrogens (tertiary/aromatic N) is 1. The molecule has 0 aromatic carbocycles. The molecule has 2 aliphatic heterocycles. The summed E-state index contributed by atoms with van der Waals surface area (Å²) < 4.78 is 5.36. The van der Waals surface area contributed by atoms with Gasteiger partial charge in [0.05, 0.1) is 25.3 Å². The summed E-state index contributed by atoms with van der Waals surface area (Å²) >= 11 is 0. The zero-order chi connectivity index (χ0) is 8.55. The minimum Gasteiger partial charge on any atom is -0.377 e. The predicted molar refractivity (Wildman–Crippen MR) is 43.9 cm³/mol. The Labute approximate surface area is 71.9 Å². The maximum atomic E-state index is 11.4. The van der Waals surface area contributed by atoms with Crippen molar-refractivity contribution >= 4 is 6.03 Å². The smallest absolute Gasteiger partial charge is 0.317 e. The summed E-state index contributed by atoms with van der Waals surface area (Å²) in [7, 11) is 1.68. The van der Waals surface area contributed by atoms with Crippen LogP contribution in [-0.4, -0.2) is 43.3 Å². The molecular formula is C8H14N2O2. The Bertz CT molecular complexity index is 179. The normalized spacial score (nSPS) is 33.6. The average molecular weight is 170 g/mol. The summed E-state index contributed by atoms with van der Waals surface area (Å²) in [5.74, 6) is 0. The molecule has 68 valence electrons. The molecule has 2 fully saturated rings. The van der Waals surface area contributed by atoms with E-state index in [9.17, 15) is 4.79 Å². The van der Waals surface area contributed by atoms with Gasteiger partial charge in [-0.25, -0.2) is 4.79 Å². The van der Waals surface area contributed by atoms with Crippen molar-refractivity contribution in [3.63, 3.8) is 0 Å². The molecule has 2 atom stereocenters. The molecule has 12 heavy (non-hydrogen) atoms. The van der Waals surface area contributed by atoms with Crippen LogP contribution in [0.5, 0.6) is 0 Å². The van der Waals surface area contributed by atoms with Gasteiger partial charge in [0.1, 0.15) is 0 Å². The van der Waals surface area contributed by atoms with Crippen LogP contribution in [0, 0.1) is 0 Å². The fraction of sp³-hybridized carbons (Fsp3) is 0.875. The molecule has 0 aromatic heterocycles. The third kappa shape index (κ3) is 1.06. The van der Waals surface area contributed by atoms with E-state index in [2.05, 4.69) is 5.32 Å². The first-order chi connectivity index (χ1) is 5.83. The van der Waals surface area contributed by atoms with Gasteiger partial charge < -0.3 is 15.0 Å². The van der Waals surface area contributed by atoms with Crippen molar-refractivity contribution in [2.24, 2.45) is 0 Å². The number of amides is 2. The largest absolute Gasteiger partial charge is 0.377 e. The molecule has 2 aliphatic rings. The molecular weight excluding hydrogens is 156 g/mol. The lowest BCUT2D eigenvalue weighted by atomic mass is 10.2. The summed E-state index contributed by atoms with van der Waals surface area (Å²) in [4.78, 5) is 13.3. The Morgan fingerprint density at radius 3 is 2.50 bits per heavy atom. The molecule has 2 rings (SSSR count). The van der Waals surface area contributed by atoms with E-state index in [1.807, 2.05) is 4.90 Å². The number of hydrogen-bond acceptors (Lipinski definition) is 2. The standard InChI is InChI=1S/C8H14N2O2/c1-9-8(11)10-6-2-3-7(10)5-12-4-6/h6-7H,2-5H2,1H3,(H,9,11). The first-order valence-electron chi connectivity index (χ1n) is 4.40. The monoisotopic (exact) mass is 170 g/mol. The Balaban J connectivity index is 2.10. The number of carbonyl (C=O) groups excluding carboxylic acids is 1. The Morgan fingerprint density at radius 2 is 2.00 bits per heavy atom. The molecule has 0 saturated carbocycles. The predicted octanol–water partition coefficient (Wildman–Crippen LogP) is 0.189. The molecule has 2 bridgehead atoms. The second-order valence-corrected chi connectivity index (χ2v) is 3.38. The third-order valence-electron chi connectivity index (χ3n) is 2.69. The van der Waals surface area contributed by atoms with Gasteiger partial charge in [-0.3, -0.25) is 0 Å². The number of nitrogens with one attached hydrogen (secondary N) is 1. The van der Waals surface area contributed by atoms with Gasteiger partial charge in [0.2, 0.25) is 0 Å². The van der Waals surface area contributed by atoms with Gasteiger partial charge in [-0.2, -0.15) is 0 Å². The number of carbonyl (C=O) groups is 1. The first kappa shape index (κ1) is 7.86. The quantitative estimate of drug-likeness (QED) is 0.564. The van der Waals surface area contributed by atoms with Crippen molar-refractivity contribution in [2.75, 3.05) is 20.3 Å². The van der Waals surface area contributed by atoms with Gasteiger partial charge in [0.15, 0.2) is 0 Å². The molecule has 4 nitrogen and oxygen atoms in total. The fourth-order valence-corrected chi connectivity index (χ4v) is 2.09. The highest BCUT2D eigenvalue weighted by molar-refractivity contribution is 5.75. The van der Waals surface area contributed by atoms with E-state index in [0.717, 1.165) is 12.8 Å². The van der Waals surface area contributed by atoms with Crippen molar-refractivity contribution in [2.45, 2.75) is 24.9 Å². The van der Waals surface area contributed by atoms with E-state index in [-0.39, 0.29) is 6.03 Å². The SMILES string of the molecule is CNC(=O)N1C2CCC1COC2. The van der Waals surface area contributed by atoms with Crippen LogP contribution in [0.25, 0.3) is 0 Å². The highest BCUT2D eigenvalue weighted by atomic mass is 16.5. The molecule has 1 N–H and O–H groups in total. The summed E-state index contributed by atoms with van der Waals surface area (Å²) in [6.07, 6.45) is 2.19. The van der Waals surface area contributed by atoms with E-state index >= 15 is 0 Å². The Morgan fingerprint density at radius 1 is 1.42 bits per heavy atom. The van der Waals surface area contributed by atoms with Crippen molar-refractivity contribution < 1.29 is 9.53 Å². The van der Waals surface area contributed by atoms with Crippen molar-refractivity contribution in [3.05, 3.63) is 0 Å². The Kier molecular flexibility index (Phi) is 1.92. The number of rotatable bonds is 0. The van der Waals surface area contributed by atoms with Gasteiger partial charge in [0.25, 0.3) is 0 Å². The highest BCUT2D eigenvalue weighted by Crippen LogP contribution is 2.28. The van der Waals surface area contributed by atoms with E-state index in [1.54, 1.807) is 7.05 Å². The van der Waals surface area contributed by atoms with E-state index in [1.165, 1.54) is 0 Å². The van der Waals surface area contributed by atoms with Gasteiger partial charge in [-0.05, 0) is 12.8 Å². The van der Waals surface area contributed by atoms with E-state index in [4.69, 9.17) is 4.74 Å². The summed E-state index contributed by atoms with van der Waals surface area (Å²) in [6, 6.07) is 0.693. The molecule has 2 amide bonds. The lowest BCUT2D eigenvalue weighted by Crippen LogP contribution is -2.52. The first-order valence-corrected chi connectivity index (χ1v) is 4.40. The molecule has 2 heterocycles. The summed E-state index contributed by atoms with van der Waals surface area (Å²) in [5.41, 5.74) is 0. The van der Waals surface area contributed by atoms with Crippen LogP contribution in [0.2, 0.25) is 0 Å². The van der Waals surface area contributed by atoms with Crippen LogP contribution in [0.3, 0.4) is 0 Å². The summed E-state index contributed by atoms with van der Waals surface area (Å²) in [6.45, 7) is 1.42. The minimum atomic E-state index is 0.0470. The lowest BCUT2D eigenvalue weighted by molar-refractivity contribution is 0.00681. The third-order valence-corrected chi connectivity index (χ3v) is 2.69. The number of fused-ring (bicyclic) bond motifs is 2. The number of hydrogen-bond donors (Lipinski definition) is 1. The van der Waals surface area contributed by atoms with Crippen LogP contribution < -0.4 is 5.32 Å². The van der Waals surface area contributed by atoms with Crippen LogP contribution in [0.1, 0.15) is 12.8 Å². The maximum absolute atomic E-state index is 11.4. The zero-order valence-corrected chi connectivity index (χ0v) is 7.25. The Hall–Kier alpha value is -0.770. The van der Waals surface area contributed by atoms with E-state index in [0.29, 0.717) is 25.3 Å². The average Bonchev–Trinajstić information content (AvgIpc) is 2.35. The molecule has 2 saturated heterocycles.